The molecular weight excluding hydrogens is 347 g/mol. The van der Waals surface area contributed by atoms with Crippen LogP contribution >= 0.6 is 22.6 Å². The fraction of sp³-hybridized carbons (Fsp3) is 0.647. The number of hydrogen-bond acceptors (Lipinski definition) is 1. The van der Waals surface area contributed by atoms with Gasteiger partial charge in [-0.3, -0.25) is 0 Å². The van der Waals surface area contributed by atoms with Crippen LogP contribution in [0.25, 0.3) is 0 Å². The minimum absolute atomic E-state index is 0.254. The third kappa shape index (κ3) is 4.19. The fourth-order valence-corrected chi connectivity index (χ4v) is 4.04. The lowest BCUT2D eigenvalue weighted by molar-refractivity contribution is -0.0396. The molecule has 3 atom stereocenters. The van der Waals surface area contributed by atoms with Gasteiger partial charge in [-0.15, -0.1) is 0 Å². The summed E-state index contributed by atoms with van der Waals surface area (Å²) in [6.07, 6.45) is 4.51. The number of ether oxygens (including phenoxy) is 1. The highest BCUT2D eigenvalue weighted by Crippen LogP contribution is 2.34. The molecule has 19 heavy (non-hydrogen) atoms. The van der Waals surface area contributed by atoms with Gasteiger partial charge in [0.2, 0.25) is 0 Å². The summed E-state index contributed by atoms with van der Waals surface area (Å²) in [5.41, 5.74) is 2.71. The third-order valence-corrected chi connectivity index (χ3v) is 4.97. The van der Waals surface area contributed by atoms with Crippen molar-refractivity contribution >= 4 is 22.6 Å². The lowest BCUT2D eigenvalue weighted by Crippen LogP contribution is -2.28. The maximum Gasteiger partial charge on any atom is 0.0920 e. The Hall–Kier alpha value is -0.0900. The van der Waals surface area contributed by atoms with Crippen LogP contribution < -0.4 is 0 Å². The SMILES string of the molecule is Cc1ccccc1C(CI)OC1CC(C)CC(C)C1. The lowest BCUT2D eigenvalue weighted by Gasteiger charge is -2.34. The van der Waals surface area contributed by atoms with Crippen LogP contribution in [0.15, 0.2) is 24.3 Å². The van der Waals surface area contributed by atoms with Crippen molar-refractivity contribution in [2.45, 2.75) is 52.2 Å². The van der Waals surface area contributed by atoms with Crippen molar-refractivity contribution in [1.82, 2.24) is 0 Å². The molecule has 0 N–H and O–H groups in total. The number of aryl methyl sites for hydroxylation is 1. The summed E-state index contributed by atoms with van der Waals surface area (Å²) in [4.78, 5) is 0. The fourth-order valence-electron chi connectivity index (χ4n) is 3.36. The second-order valence-corrected chi connectivity index (χ2v) is 7.06. The lowest BCUT2D eigenvalue weighted by atomic mass is 9.81. The van der Waals surface area contributed by atoms with Gasteiger partial charge >= 0.3 is 0 Å². The van der Waals surface area contributed by atoms with Gasteiger partial charge in [0.1, 0.15) is 0 Å². The molecule has 0 heterocycles. The molecule has 1 aromatic carbocycles. The molecule has 0 bridgehead atoms. The minimum Gasteiger partial charge on any atom is -0.369 e. The van der Waals surface area contributed by atoms with Gasteiger partial charge < -0.3 is 4.74 Å². The number of benzene rings is 1. The molecule has 1 nitrogen and oxygen atoms in total. The van der Waals surface area contributed by atoms with Crippen LogP contribution in [0.5, 0.6) is 0 Å². The number of alkyl halides is 1. The predicted molar refractivity (Wildman–Crippen MR) is 89.9 cm³/mol. The normalized spacial score (nSPS) is 29.2. The molecule has 0 spiro atoms. The largest absolute Gasteiger partial charge is 0.369 e. The topological polar surface area (TPSA) is 9.23 Å². The Kier molecular flexibility index (Phi) is 5.70. The summed E-state index contributed by atoms with van der Waals surface area (Å²) in [6, 6.07) is 8.63. The summed E-state index contributed by atoms with van der Waals surface area (Å²) in [5, 5.41) is 0. The molecule has 0 amide bonds. The van der Waals surface area contributed by atoms with Crippen molar-refractivity contribution < 1.29 is 4.74 Å². The first-order valence-electron chi connectivity index (χ1n) is 7.37. The number of hydrogen-bond donors (Lipinski definition) is 0. The molecule has 0 radical (unpaired) electrons. The Bertz CT molecular complexity index is 394. The summed E-state index contributed by atoms with van der Waals surface area (Å²) < 4.78 is 7.47. The van der Waals surface area contributed by atoms with E-state index in [2.05, 4.69) is 67.6 Å². The van der Waals surface area contributed by atoms with E-state index in [1.165, 1.54) is 30.4 Å². The Morgan fingerprint density at radius 3 is 2.37 bits per heavy atom. The average molecular weight is 372 g/mol. The smallest absolute Gasteiger partial charge is 0.0920 e. The van der Waals surface area contributed by atoms with Gasteiger partial charge in [0.25, 0.3) is 0 Å². The van der Waals surface area contributed by atoms with Crippen molar-refractivity contribution in [2.75, 3.05) is 4.43 Å². The molecule has 106 valence electrons. The van der Waals surface area contributed by atoms with E-state index >= 15 is 0 Å². The van der Waals surface area contributed by atoms with E-state index in [4.69, 9.17) is 4.74 Å². The van der Waals surface area contributed by atoms with E-state index < -0.39 is 0 Å². The van der Waals surface area contributed by atoms with E-state index in [0.717, 1.165) is 16.3 Å². The van der Waals surface area contributed by atoms with Gasteiger partial charge in [-0.05, 0) is 49.1 Å². The predicted octanol–water partition coefficient (Wildman–Crippen LogP) is 5.31. The van der Waals surface area contributed by atoms with Crippen molar-refractivity contribution in [2.24, 2.45) is 11.8 Å². The van der Waals surface area contributed by atoms with Crippen LogP contribution in [-0.4, -0.2) is 10.5 Å². The molecule has 1 saturated carbocycles. The molecule has 0 aromatic heterocycles. The summed E-state index contributed by atoms with van der Waals surface area (Å²) in [5.74, 6) is 1.61. The number of halogens is 1. The highest BCUT2D eigenvalue weighted by molar-refractivity contribution is 14.1. The Balaban J connectivity index is 2.05. The second-order valence-electron chi connectivity index (χ2n) is 6.18. The quantitative estimate of drug-likeness (QED) is 0.514. The summed E-state index contributed by atoms with van der Waals surface area (Å²) in [7, 11) is 0. The van der Waals surface area contributed by atoms with Gasteiger partial charge in [-0.1, -0.05) is 60.7 Å². The molecule has 2 heteroatoms. The first-order chi connectivity index (χ1) is 9.10. The molecular formula is C17H25IO. The Labute approximate surface area is 131 Å². The molecule has 1 fully saturated rings. The summed E-state index contributed by atoms with van der Waals surface area (Å²) >= 11 is 2.45. The van der Waals surface area contributed by atoms with E-state index in [-0.39, 0.29) is 6.10 Å². The van der Waals surface area contributed by atoms with Crippen LogP contribution in [0.4, 0.5) is 0 Å². The van der Waals surface area contributed by atoms with Crippen molar-refractivity contribution in [1.29, 1.82) is 0 Å². The van der Waals surface area contributed by atoms with Gasteiger partial charge in [0.05, 0.1) is 12.2 Å². The third-order valence-electron chi connectivity index (χ3n) is 4.17. The van der Waals surface area contributed by atoms with Crippen molar-refractivity contribution in [3.05, 3.63) is 35.4 Å². The van der Waals surface area contributed by atoms with Crippen LogP contribution in [0, 0.1) is 18.8 Å². The molecule has 3 unspecified atom stereocenters. The molecule has 0 aliphatic heterocycles. The van der Waals surface area contributed by atoms with Gasteiger partial charge in [-0.25, -0.2) is 0 Å². The average Bonchev–Trinajstić information content (AvgIpc) is 2.36. The monoisotopic (exact) mass is 372 g/mol. The molecule has 1 aliphatic rings. The van der Waals surface area contributed by atoms with Crippen LogP contribution in [0.1, 0.15) is 50.3 Å². The van der Waals surface area contributed by atoms with Gasteiger partial charge in [0.15, 0.2) is 0 Å². The van der Waals surface area contributed by atoms with Crippen LogP contribution in [0.2, 0.25) is 0 Å². The Morgan fingerprint density at radius 2 is 1.79 bits per heavy atom. The van der Waals surface area contributed by atoms with Crippen LogP contribution in [-0.2, 0) is 4.74 Å². The van der Waals surface area contributed by atoms with E-state index in [0.29, 0.717) is 6.10 Å². The zero-order valence-corrected chi connectivity index (χ0v) is 14.4. The van der Waals surface area contributed by atoms with Gasteiger partial charge in [0, 0.05) is 4.43 Å². The first-order valence-corrected chi connectivity index (χ1v) is 8.89. The molecule has 1 aliphatic carbocycles. The zero-order valence-electron chi connectivity index (χ0n) is 12.2. The van der Waals surface area contributed by atoms with E-state index in [9.17, 15) is 0 Å². The Morgan fingerprint density at radius 1 is 1.16 bits per heavy atom. The molecule has 2 rings (SSSR count). The maximum atomic E-state index is 6.44. The standard InChI is InChI=1S/C17H25IO/c1-12-8-13(2)10-15(9-12)19-17(11-18)16-7-5-4-6-14(16)3/h4-7,12-13,15,17H,8-11H2,1-3H3. The second kappa shape index (κ2) is 7.07. The molecule has 0 saturated heterocycles. The first kappa shape index (κ1) is 15.3. The highest BCUT2D eigenvalue weighted by Gasteiger charge is 2.27. The van der Waals surface area contributed by atoms with Crippen molar-refractivity contribution in [3.8, 4) is 0 Å². The minimum atomic E-state index is 0.254. The molecule has 1 aromatic rings. The summed E-state index contributed by atoms with van der Waals surface area (Å²) in [6.45, 7) is 6.90. The van der Waals surface area contributed by atoms with Gasteiger partial charge in [-0.2, -0.15) is 0 Å². The van der Waals surface area contributed by atoms with Crippen LogP contribution in [0.3, 0.4) is 0 Å². The van der Waals surface area contributed by atoms with E-state index in [1.807, 2.05) is 0 Å². The van der Waals surface area contributed by atoms with E-state index in [1.54, 1.807) is 0 Å². The highest BCUT2D eigenvalue weighted by atomic mass is 127. The number of rotatable bonds is 4. The zero-order chi connectivity index (χ0) is 13.8. The maximum absolute atomic E-state index is 6.44. The van der Waals surface area contributed by atoms with Crippen molar-refractivity contribution in [3.63, 3.8) is 0 Å².